The number of fused-ring (bicyclic) bond motifs is 1. The first-order valence-electron chi connectivity index (χ1n) is 13.0. The molecular formula is C29H28N8O3. The Labute approximate surface area is 230 Å². The molecule has 1 saturated heterocycles. The number of rotatable bonds is 9. The molecule has 202 valence electrons. The number of hydrogen-bond acceptors (Lipinski definition) is 9. The Bertz CT molecular complexity index is 1600. The van der Waals surface area contributed by atoms with Crippen LogP contribution in [-0.4, -0.2) is 56.9 Å². The number of methoxy groups -OCH3 is 1. The van der Waals surface area contributed by atoms with Gasteiger partial charge in [0.2, 0.25) is 0 Å². The quantitative estimate of drug-likeness (QED) is 0.255. The first-order chi connectivity index (χ1) is 19.7. The average molecular weight is 537 g/mol. The highest BCUT2D eigenvalue weighted by atomic mass is 16.5. The van der Waals surface area contributed by atoms with Crippen molar-refractivity contribution in [3.63, 3.8) is 0 Å². The SMILES string of the molecule is COc1ccc(Cn2nc(NC3CCNC3)c3c(Oc4ccc(C(=O)Nc5ccncn5)cc4)ccnc32)cc1. The van der Waals surface area contributed by atoms with Gasteiger partial charge in [0.15, 0.2) is 11.5 Å². The van der Waals surface area contributed by atoms with Crippen molar-refractivity contribution >= 4 is 28.6 Å². The van der Waals surface area contributed by atoms with Gasteiger partial charge in [-0.25, -0.2) is 19.6 Å². The number of anilines is 2. The van der Waals surface area contributed by atoms with Crippen molar-refractivity contribution in [1.29, 1.82) is 0 Å². The predicted octanol–water partition coefficient (Wildman–Crippen LogP) is 4.10. The van der Waals surface area contributed by atoms with E-state index in [4.69, 9.17) is 14.6 Å². The van der Waals surface area contributed by atoms with Crippen LogP contribution in [0.25, 0.3) is 11.0 Å². The van der Waals surface area contributed by atoms with E-state index in [0.29, 0.717) is 35.1 Å². The van der Waals surface area contributed by atoms with E-state index >= 15 is 0 Å². The molecule has 3 aromatic heterocycles. The summed E-state index contributed by atoms with van der Waals surface area (Å²) in [7, 11) is 1.65. The van der Waals surface area contributed by atoms with Gasteiger partial charge in [-0.1, -0.05) is 12.1 Å². The zero-order valence-corrected chi connectivity index (χ0v) is 21.9. The summed E-state index contributed by atoms with van der Waals surface area (Å²) in [6, 6.07) is 18.6. The molecule has 1 aliphatic rings. The summed E-state index contributed by atoms with van der Waals surface area (Å²) in [4.78, 5) is 25.2. The van der Waals surface area contributed by atoms with Crippen LogP contribution in [0.4, 0.5) is 11.6 Å². The minimum atomic E-state index is -0.270. The van der Waals surface area contributed by atoms with Crippen molar-refractivity contribution in [2.24, 2.45) is 0 Å². The number of nitrogens with one attached hydrogen (secondary N) is 3. The molecular weight excluding hydrogens is 508 g/mol. The number of nitrogens with zero attached hydrogens (tertiary/aromatic N) is 5. The summed E-state index contributed by atoms with van der Waals surface area (Å²) >= 11 is 0. The van der Waals surface area contributed by atoms with Crippen LogP contribution in [0.15, 0.2) is 79.4 Å². The van der Waals surface area contributed by atoms with Crippen molar-refractivity contribution in [3.8, 4) is 17.2 Å². The molecule has 11 heteroatoms. The smallest absolute Gasteiger partial charge is 0.256 e. The molecule has 11 nitrogen and oxygen atoms in total. The maximum Gasteiger partial charge on any atom is 0.256 e. The Morgan fingerprint density at radius 3 is 2.58 bits per heavy atom. The van der Waals surface area contributed by atoms with Gasteiger partial charge in [-0.2, -0.15) is 5.10 Å². The molecule has 4 heterocycles. The minimum absolute atomic E-state index is 0.258. The summed E-state index contributed by atoms with van der Waals surface area (Å²) in [6.07, 6.45) is 5.67. The summed E-state index contributed by atoms with van der Waals surface area (Å²) in [5, 5.41) is 15.4. The fraction of sp³-hybridized carbons (Fsp3) is 0.207. The second kappa shape index (κ2) is 11.4. The van der Waals surface area contributed by atoms with Crippen molar-refractivity contribution in [1.82, 2.24) is 30.0 Å². The summed E-state index contributed by atoms with van der Waals surface area (Å²) in [6.45, 7) is 2.36. The first-order valence-corrected chi connectivity index (χ1v) is 13.0. The molecule has 1 aliphatic heterocycles. The third kappa shape index (κ3) is 5.54. The number of ether oxygens (including phenoxy) is 2. The summed E-state index contributed by atoms with van der Waals surface area (Å²) in [5.41, 5.74) is 2.26. The number of carbonyl (C=O) groups excluding carboxylic acids is 1. The fourth-order valence-corrected chi connectivity index (χ4v) is 4.60. The Morgan fingerprint density at radius 1 is 1.02 bits per heavy atom. The summed E-state index contributed by atoms with van der Waals surface area (Å²) in [5.74, 6) is 2.90. The van der Waals surface area contributed by atoms with E-state index in [2.05, 4.69) is 30.9 Å². The number of benzene rings is 2. The molecule has 0 saturated carbocycles. The molecule has 1 atom stereocenters. The van der Waals surface area contributed by atoms with Crippen LogP contribution in [-0.2, 0) is 6.54 Å². The highest BCUT2D eigenvalue weighted by molar-refractivity contribution is 6.03. The Morgan fingerprint density at radius 2 is 1.85 bits per heavy atom. The van der Waals surface area contributed by atoms with Crippen LogP contribution in [0.2, 0.25) is 0 Å². The highest BCUT2D eigenvalue weighted by Gasteiger charge is 2.22. The van der Waals surface area contributed by atoms with E-state index in [1.807, 2.05) is 35.0 Å². The van der Waals surface area contributed by atoms with Gasteiger partial charge in [-0.15, -0.1) is 0 Å². The number of hydrogen-bond donors (Lipinski definition) is 3. The van der Waals surface area contributed by atoms with Crippen LogP contribution in [0.5, 0.6) is 17.2 Å². The minimum Gasteiger partial charge on any atom is -0.497 e. The molecule has 1 amide bonds. The maximum atomic E-state index is 12.6. The first kappa shape index (κ1) is 25.3. The van der Waals surface area contributed by atoms with E-state index in [1.165, 1.54) is 6.33 Å². The van der Waals surface area contributed by atoms with E-state index in [-0.39, 0.29) is 11.9 Å². The average Bonchev–Trinajstić information content (AvgIpc) is 3.63. The van der Waals surface area contributed by atoms with E-state index in [0.717, 1.165) is 42.0 Å². The zero-order chi connectivity index (χ0) is 27.3. The maximum absolute atomic E-state index is 12.6. The van der Waals surface area contributed by atoms with Gasteiger partial charge in [-0.05, 0) is 61.0 Å². The van der Waals surface area contributed by atoms with Gasteiger partial charge in [-0.3, -0.25) is 4.79 Å². The number of amides is 1. The van der Waals surface area contributed by atoms with Crippen LogP contribution in [0, 0.1) is 0 Å². The number of pyridine rings is 1. The fourth-order valence-electron chi connectivity index (χ4n) is 4.60. The van der Waals surface area contributed by atoms with Crippen LogP contribution in [0.1, 0.15) is 22.3 Å². The molecule has 2 aromatic carbocycles. The Hall–Kier alpha value is -5.03. The van der Waals surface area contributed by atoms with Gasteiger partial charge in [0.1, 0.15) is 34.8 Å². The van der Waals surface area contributed by atoms with Crippen molar-refractivity contribution in [2.45, 2.75) is 19.0 Å². The molecule has 6 rings (SSSR count). The molecule has 0 aliphatic carbocycles. The predicted molar refractivity (Wildman–Crippen MR) is 151 cm³/mol. The Balaban J connectivity index is 1.27. The van der Waals surface area contributed by atoms with Crippen molar-refractivity contribution in [3.05, 3.63) is 90.5 Å². The molecule has 1 unspecified atom stereocenters. The standard InChI is InChI=1S/C29H28N8O3/c1-39-22-6-2-19(3-7-22)17-37-28-26(27(36-37)34-21-10-13-30-16-21)24(11-15-32-28)40-23-8-4-20(5-9-23)29(38)35-25-12-14-31-18-33-25/h2-9,11-12,14-15,18,21,30H,10,13,16-17H2,1H3,(H,34,36)(H,31,33,35,38). The lowest BCUT2D eigenvalue weighted by atomic mass is 10.2. The molecule has 0 bridgehead atoms. The normalized spacial score (nSPS) is 14.7. The van der Waals surface area contributed by atoms with Gasteiger partial charge in [0.05, 0.1) is 13.7 Å². The highest BCUT2D eigenvalue weighted by Crippen LogP contribution is 2.35. The number of carbonyl (C=O) groups is 1. The Kier molecular flexibility index (Phi) is 7.18. The van der Waals surface area contributed by atoms with Crippen LogP contribution < -0.4 is 25.4 Å². The van der Waals surface area contributed by atoms with Gasteiger partial charge >= 0.3 is 0 Å². The largest absolute Gasteiger partial charge is 0.497 e. The van der Waals surface area contributed by atoms with Crippen LogP contribution in [0.3, 0.4) is 0 Å². The van der Waals surface area contributed by atoms with Crippen molar-refractivity contribution in [2.75, 3.05) is 30.8 Å². The third-order valence-corrected chi connectivity index (χ3v) is 6.66. The number of aromatic nitrogens is 5. The van der Waals surface area contributed by atoms with Crippen molar-refractivity contribution < 1.29 is 14.3 Å². The lowest BCUT2D eigenvalue weighted by Crippen LogP contribution is -2.22. The topological polar surface area (TPSA) is 128 Å². The molecule has 0 radical (unpaired) electrons. The van der Waals surface area contributed by atoms with E-state index in [1.54, 1.807) is 49.8 Å². The summed E-state index contributed by atoms with van der Waals surface area (Å²) < 4.78 is 13.5. The molecule has 0 spiro atoms. The zero-order valence-electron chi connectivity index (χ0n) is 21.9. The molecule has 3 N–H and O–H groups in total. The van der Waals surface area contributed by atoms with Gasteiger partial charge < -0.3 is 25.4 Å². The van der Waals surface area contributed by atoms with E-state index < -0.39 is 0 Å². The third-order valence-electron chi connectivity index (χ3n) is 6.66. The second-order valence-corrected chi connectivity index (χ2v) is 9.37. The van der Waals surface area contributed by atoms with Gasteiger partial charge in [0, 0.05) is 36.6 Å². The van der Waals surface area contributed by atoms with E-state index in [9.17, 15) is 4.79 Å². The van der Waals surface area contributed by atoms with Gasteiger partial charge in [0.25, 0.3) is 5.91 Å². The molecule has 5 aromatic rings. The lowest BCUT2D eigenvalue weighted by Gasteiger charge is -2.12. The lowest BCUT2D eigenvalue weighted by molar-refractivity contribution is 0.102. The molecule has 40 heavy (non-hydrogen) atoms. The second-order valence-electron chi connectivity index (χ2n) is 9.37. The molecule has 1 fully saturated rings. The van der Waals surface area contributed by atoms with Crippen LogP contribution >= 0.6 is 0 Å². The monoisotopic (exact) mass is 536 g/mol.